The minimum absolute atomic E-state index is 0.331. The molecule has 0 aliphatic heterocycles. The standard InChI is InChI=1S/C12H11NO3/c1-2-16-12(15)8-7-10-5-3-4-6-11(10)13-9-14/h3-8H,2H2,1H3. The van der Waals surface area contributed by atoms with Crippen molar-refractivity contribution in [1.29, 1.82) is 0 Å². The van der Waals surface area contributed by atoms with Crippen LogP contribution in [0.3, 0.4) is 0 Å². The number of benzene rings is 1. The highest BCUT2D eigenvalue weighted by Gasteiger charge is 1.98. The first-order chi connectivity index (χ1) is 7.77. The summed E-state index contributed by atoms with van der Waals surface area (Å²) in [5.41, 5.74) is 1.14. The van der Waals surface area contributed by atoms with Crippen LogP contribution in [0.4, 0.5) is 5.69 Å². The number of rotatable bonds is 4. The van der Waals surface area contributed by atoms with Crippen LogP contribution < -0.4 is 0 Å². The Morgan fingerprint density at radius 3 is 2.94 bits per heavy atom. The van der Waals surface area contributed by atoms with E-state index in [4.69, 9.17) is 4.74 Å². The maximum atomic E-state index is 11.1. The molecule has 1 aromatic rings. The quantitative estimate of drug-likeness (QED) is 0.336. The molecule has 16 heavy (non-hydrogen) atoms. The Morgan fingerprint density at radius 1 is 1.50 bits per heavy atom. The molecule has 82 valence electrons. The number of nitrogens with zero attached hydrogens (tertiary/aromatic N) is 1. The van der Waals surface area contributed by atoms with E-state index in [0.717, 1.165) is 0 Å². The van der Waals surface area contributed by atoms with Gasteiger partial charge in [0.2, 0.25) is 6.08 Å². The van der Waals surface area contributed by atoms with Crippen molar-refractivity contribution in [3.05, 3.63) is 35.9 Å². The second-order valence-corrected chi connectivity index (χ2v) is 2.85. The van der Waals surface area contributed by atoms with Gasteiger partial charge in [-0.15, -0.1) is 0 Å². The highest BCUT2D eigenvalue weighted by molar-refractivity contribution is 5.88. The molecule has 0 aromatic heterocycles. The first-order valence-electron chi connectivity index (χ1n) is 4.79. The molecule has 1 aromatic carbocycles. The van der Waals surface area contributed by atoms with Crippen LogP contribution >= 0.6 is 0 Å². The minimum Gasteiger partial charge on any atom is -0.463 e. The van der Waals surface area contributed by atoms with Crippen LogP contribution in [0.15, 0.2) is 35.3 Å². The van der Waals surface area contributed by atoms with Crippen molar-refractivity contribution in [2.45, 2.75) is 6.92 Å². The third kappa shape index (κ3) is 3.52. The number of carbonyl (C=O) groups excluding carboxylic acids is 2. The van der Waals surface area contributed by atoms with Gasteiger partial charge in [-0.25, -0.2) is 9.59 Å². The zero-order valence-corrected chi connectivity index (χ0v) is 8.84. The molecule has 0 bridgehead atoms. The number of esters is 1. The Labute approximate surface area is 93.3 Å². The van der Waals surface area contributed by atoms with Gasteiger partial charge in [-0.3, -0.25) is 0 Å². The third-order valence-corrected chi connectivity index (χ3v) is 1.79. The highest BCUT2D eigenvalue weighted by atomic mass is 16.5. The van der Waals surface area contributed by atoms with Gasteiger partial charge in [0, 0.05) is 11.6 Å². The molecule has 0 radical (unpaired) electrons. The van der Waals surface area contributed by atoms with Crippen LogP contribution in [0.2, 0.25) is 0 Å². The molecular weight excluding hydrogens is 206 g/mol. The number of ether oxygens (including phenoxy) is 1. The summed E-state index contributed by atoms with van der Waals surface area (Å²) in [6.07, 6.45) is 4.31. The number of carbonyl (C=O) groups is 1. The van der Waals surface area contributed by atoms with Crippen molar-refractivity contribution in [2.75, 3.05) is 6.61 Å². The van der Waals surface area contributed by atoms with Crippen molar-refractivity contribution < 1.29 is 14.3 Å². The molecule has 0 aliphatic rings. The maximum absolute atomic E-state index is 11.1. The lowest BCUT2D eigenvalue weighted by Crippen LogP contribution is -1.98. The fourth-order valence-electron chi connectivity index (χ4n) is 1.13. The average molecular weight is 217 g/mol. The maximum Gasteiger partial charge on any atom is 0.330 e. The number of hydrogen-bond acceptors (Lipinski definition) is 4. The largest absolute Gasteiger partial charge is 0.463 e. The highest BCUT2D eigenvalue weighted by Crippen LogP contribution is 2.19. The van der Waals surface area contributed by atoms with Gasteiger partial charge in [-0.05, 0) is 19.1 Å². The van der Waals surface area contributed by atoms with Crippen LogP contribution in [0.1, 0.15) is 12.5 Å². The zero-order chi connectivity index (χ0) is 11.8. The van der Waals surface area contributed by atoms with Gasteiger partial charge in [0.1, 0.15) is 0 Å². The van der Waals surface area contributed by atoms with Crippen LogP contribution in [-0.2, 0) is 14.3 Å². The molecule has 0 aliphatic carbocycles. The van der Waals surface area contributed by atoms with E-state index in [1.807, 2.05) is 0 Å². The Kier molecular flexibility index (Phi) is 4.70. The second kappa shape index (κ2) is 6.32. The predicted molar refractivity (Wildman–Crippen MR) is 59.9 cm³/mol. The number of para-hydroxylation sites is 1. The lowest BCUT2D eigenvalue weighted by Gasteiger charge is -1.98. The van der Waals surface area contributed by atoms with Crippen LogP contribution in [-0.4, -0.2) is 18.7 Å². The number of hydrogen-bond donors (Lipinski definition) is 0. The summed E-state index contributed by atoms with van der Waals surface area (Å²) in [7, 11) is 0. The number of aliphatic imine (C=N–C) groups is 1. The van der Waals surface area contributed by atoms with Crippen molar-refractivity contribution in [3.63, 3.8) is 0 Å². The van der Waals surface area contributed by atoms with E-state index in [1.165, 1.54) is 12.2 Å². The molecule has 0 spiro atoms. The van der Waals surface area contributed by atoms with Crippen LogP contribution in [0, 0.1) is 0 Å². The minimum atomic E-state index is -0.424. The summed E-state index contributed by atoms with van der Waals surface area (Å²) in [5, 5.41) is 0. The van der Waals surface area contributed by atoms with Crippen molar-refractivity contribution in [1.82, 2.24) is 0 Å². The Hall–Kier alpha value is -2.19. The molecule has 0 heterocycles. The number of isocyanates is 1. The zero-order valence-electron chi connectivity index (χ0n) is 8.84. The smallest absolute Gasteiger partial charge is 0.330 e. The lowest BCUT2D eigenvalue weighted by molar-refractivity contribution is -0.137. The Morgan fingerprint density at radius 2 is 2.25 bits per heavy atom. The predicted octanol–water partition coefficient (Wildman–Crippen LogP) is 2.23. The summed E-state index contributed by atoms with van der Waals surface area (Å²) in [6.45, 7) is 2.06. The monoisotopic (exact) mass is 217 g/mol. The van der Waals surface area contributed by atoms with Gasteiger partial charge >= 0.3 is 5.97 Å². The molecule has 0 saturated heterocycles. The van der Waals surface area contributed by atoms with E-state index in [2.05, 4.69) is 4.99 Å². The first kappa shape index (κ1) is 11.9. The van der Waals surface area contributed by atoms with Gasteiger partial charge in [0.25, 0.3) is 0 Å². The van der Waals surface area contributed by atoms with Crippen molar-refractivity contribution >= 4 is 23.8 Å². The molecular formula is C12H11NO3. The van der Waals surface area contributed by atoms with Gasteiger partial charge < -0.3 is 4.74 Å². The summed E-state index contributed by atoms with van der Waals surface area (Å²) in [6, 6.07) is 6.94. The third-order valence-electron chi connectivity index (χ3n) is 1.79. The van der Waals surface area contributed by atoms with Gasteiger partial charge in [-0.2, -0.15) is 4.99 Å². The Balaban J connectivity index is 2.88. The van der Waals surface area contributed by atoms with E-state index in [0.29, 0.717) is 17.9 Å². The molecule has 4 heteroatoms. The van der Waals surface area contributed by atoms with Gasteiger partial charge in [0.05, 0.1) is 12.3 Å². The fourth-order valence-corrected chi connectivity index (χ4v) is 1.13. The second-order valence-electron chi connectivity index (χ2n) is 2.85. The molecule has 0 atom stereocenters. The van der Waals surface area contributed by atoms with E-state index in [1.54, 1.807) is 37.3 Å². The first-order valence-corrected chi connectivity index (χ1v) is 4.79. The van der Waals surface area contributed by atoms with E-state index >= 15 is 0 Å². The lowest BCUT2D eigenvalue weighted by atomic mass is 10.1. The molecule has 1 rings (SSSR count). The summed E-state index contributed by atoms with van der Waals surface area (Å²) in [4.78, 5) is 24.7. The normalized spacial score (nSPS) is 9.81. The Bertz CT molecular complexity index is 445. The van der Waals surface area contributed by atoms with E-state index in [-0.39, 0.29) is 0 Å². The SMILES string of the molecule is CCOC(=O)C=Cc1ccccc1N=C=O. The molecule has 0 unspecified atom stereocenters. The van der Waals surface area contributed by atoms with Gasteiger partial charge in [0.15, 0.2) is 0 Å². The van der Waals surface area contributed by atoms with E-state index in [9.17, 15) is 9.59 Å². The average Bonchev–Trinajstić information content (AvgIpc) is 2.29. The van der Waals surface area contributed by atoms with Crippen LogP contribution in [0.5, 0.6) is 0 Å². The molecule has 0 N–H and O–H groups in total. The summed E-state index contributed by atoms with van der Waals surface area (Å²) < 4.78 is 4.73. The van der Waals surface area contributed by atoms with E-state index < -0.39 is 5.97 Å². The fraction of sp³-hybridized carbons (Fsp3) is 0.167. The topological polar surface area (TPSA) is 55.7 Å². The molecule has 0 fully saturated rings. The molecule has 4 nitrogen and oxygen atoms in total. The van der Waals surface area contributed by atoms with Gasteiger partial charge in [-0.1, -0.05) is 18.2 Å². The van der Waals surface area contributed by atoms with Crippen LogP contribution in [0.25, 0.3) is 6.08 Å². The summed E-state index contributed by atoms with van der Waals surface area (Å²) >= 11 is 0. The molecule has 0 amide bonds. The molecule has 0 saturated carbocycles. The van der Waals surface area contributed by atoms with Crippen molar-refractivity contribution in [3.8, 4) is 0 Å². The summed E-state index contributed by atoms with van der Waals surface area (Å²) in [5.74, 6) is -0.424. The van der Waals surface area contributed by atoms with Crippen molar-refractivity contribution in [2.24, 2.45) is 4.99 Å².